The molecule has 0 radical (unpaired) electrons. The highest BCUT2D eigenvalue weighted by Crippen LogP contribution is 2.27. The predicted octanol–water partition coefficient (Wildman–Crippen LogP) is 2.06. The summed E-state index contributed by atoms with van der Waals surface area (Å²) in [7, 11) is 1.73. The second-order valence-corrected chi connectivity index (χ2v) is 6.22. The van der Waals surface area contributed by atoms with Crippen molar-refractivity contribution >= 4 is 11.8 Å². The summed E-state index contributed by atoms with van der Waals surface area (Å²) >= 11 is 0. The molecule has 0 spiro atoms. The van der Waals surface area contributed by atoms with Gasteiger partial charge in [0.1, 0.15) is 0 Å². The zero-order valence-corrected chi connectivity index (χ0v) is 13.9. The van der Waals surface area contributed by atoms with Crippen LogP contribution in [0.1, 0.15) is 53.3 Å². The van der Waals surface area contributed by atoms with Crippen LogP contribution in [0.5, 0.6) is 0 Å². The minimum Gasteiger partial charge on any atom is -0.391 e. The fourth-order valence-electron chi connectivity index (χ4n) is 2.97. The van der Waals surface area contributed by atoms with Crippen molar-refractivity contribution in [2.24, 2.45) is 5.92 Å². The van der Waals surface area contributed by atoms with Gasteiger partial charge in [-0.3, -0.25) is 9.59 Å². The van der Waals surface area contributed by atoms with Crippen LogP contribution in [0.2, 0.25) is 0 Å². The molecule has 1 saturated carbocycles. The molecule has 1 aliphatic rings. The lowest BCUT2D eigenvalue weighted by Crippen LogP contribution is -2.35. The highest BCUT2D eigenvalue weighted by Gasteiger charge is 2.23. The number of nitrogens with zero attached hydrogens (tertiary/aromatic N) is 1. The van der Waals surface area contributed by atoms with E-state index in [1.807, 2.05) is 6.92 Å². The van der Waals surface area contributed by atoms with Crippen molar-refractivity contribution in [3.8, 4) is 0 Å². The molecule has 2 N–H and O–H groups in total. The number of aliphatic hydroxyl groups is 1. The Morgan fingerprint density at radius 1 is 1.30 bits per heavy atom. The molecule has 1 fully saturated rings. The number of hydrogen-bond donors (Lipinski definition) is 2. The molecule has 1 unspecified atom stereocenters. The number of carbonyl (C=O) groups excluding carboxylic acids is 2. The second kappa shape index (κ2) is 8.11. The monoisotopic (exact) mass is 318 g/mol. The molecule has 1 atom stereocenters. The summed E-state index contributed by atoms with van der Waals surface area (Å²) < 4.78 is 0. The van der Waals surface area contributed by atoms with E-state index in [0.29, 0.717) is 23.6 Å². The lowest BCUT2D eigenvalue weighted by atomic mass is 10.0. The number of nitrogens with one attached hydrogen (secondary N) is 1. The van der Waals surface area contributed by atoms with Crippen molar-refractivity contribution in [3.05, 3.63) is 35.4 Å². The summed E-state index contributed by atoms with van der Waals surface area (Å²) in [4.78, 5) is 26.0. The Labute approximate surface area is 137 Å². The third-order valence-electron chi connectivity index (χ3n) is 4.61. The van der Waals surface area contributed by atoms with Crippen LogP contribution in [0.15, 0.2) is 24.3 Å². The van der Waals surface area contributed by atoms with Gasteiger partial charge in [0.15, 0.2) is 0 Å². The van der Waals surface area contributed by atoms with Gasteiger partial charge in [0.05, 0.1) is 6.10 Å². The molecule has 23 heavy (non-hydrogen) atoms. The Kier molecular flexibility index (Phi) is 6.16. The summed E-state index contributed by atoms with van der Waals surface area (Å²) in [6.45, 7) is 2.78. The molecule has 0 bridgehead atoms. The van der Waals surface area contributed by atoms with E-state index in [-0.39, 0.29) is 18.4 Å². The number of hydrogen-bond acceptors (Lipinski definition) is 3. The van der Waals surface area contributed by atoms with Crippen molar-refractivity contribution in [2.75, 3.05) is 20.1 Å². The quantitative estimate of drug-likeness (QED) is 0.843. The maximum Gasteiger partial charge on any atom is 0.253 e. The standard InChI is InChI=1S/C18H26N2O3/c1-3-20(2)18(23)15-10-6-9-14(11-15)17(22)19-12-16(21)13-7-4-5-8-13/h6,9-11,13,16,21H,3-5,7-8,12H2,1-2H3,(H,19,22). The lowest BCUT2D eigenvalue weighted by Gasteiger charge is -2.18. The van der Waals surface area contributed by atoms with Crippen LogP contribution in [-0.4, -0.2) is 48.1 Å². The van der Waals surface area contributed by atoms with Crippen LogP contribution >= 0.6 is 0 Å². The van der Waals surface area contributed by atoms with E-state index in [0.717, 1.165) is 25.7 Å². The molecule has 0 heterocycles. The van der Waals surface area contributed by atoms with Crippen molar-refractivity contribution < 1.29 is 14.7 Å². The van der Waals surface area contributed by atoms with Gasteiger partial charge in [-0.25, -0.2) is 0 Å². The van der Waals surface area contributed by atoms with E-state index in [4.69, 9.17) is 0 Å². The molecular formula is C18H26N2O3. The molecule has 5 nitrogen and oxygen atoms in total. The van der Waals surface area contributed by atoms with Crippen molar-refractivity contribution in [1.82, 2.24) is 10.2 Å². The molecular weight excluding hydrogens is 292 g/mol. The number of amides is 2. The third kappa shape index (κ3) is 4.55. The van der Waals surface area contributed by atoms with Crippen LogP contribution in [0.3, 0.4) is 0 Å². The van der Waals surface area contributed by atoms with Gasteiger partial charge in [0.2, 0.25) is 0 Å². The van der Waals surface area contributed by atoms with Gasteiger partial charge < -0.3 is 15.3 Å². The Morgan fingerprint density at radius 3 is 2.61 bits per heavy atom. The summed E-state index contributed by atoms with van der Waals surface area (Å²) in [5.41, 5.74) is 0.942. The second-order valence-electron chi connectivity index (χ2n) is 6.22. The number of rotatable bonds is 6. The maximum absolute atomic E-state index is 12.2. The van der Waals surface area contributed by atoms with Gasteiger partial charge in [-0.1, -0.05) is 18.9 Å². The van der Waals surface area contributed by atoms with Crippen LogP contribution in [0.4, 0.5) is 0 Å². The first-order valence-corrected chi connectivity index (χ1v) is 8.34. The third-order valence-corrected chi connectivity index (χ3v) is 4.61. The summed E-state index contributed by atoms with van der Waals surface area (Å²) in [5.74, 6) is -0.0644. The van der Waals surface area contributed by atoms with E-state index in [9.17, 15) is 14.7 Å². The van der Waals surface area contributed by atoms with Crippen LogP contribution < -0.4 is 5.32 Å². The normalized spacial score (nSPS) is 16.1. The molecule has 2 amide bonds. The van der Waals surface area contributed by atoms with Crippen molar-refractivity contribution in [1.29, 1.82) is 0 Å². The molecule has 5 heteroatoms. The number of carbonyl (C=O) groups is 2. The molecule has 1 aromatic carbocycles. The van der Waals surface area contributed by atoms with Gasteiger partial charge in [-0.2, -0.15) is 0 Å². The highest BCUT2D eigenvalue weighted by molar-refractivity contribution is 5.99. The SMILES string of the molecule is CCN(C)C(=O)c1cccc(C(=O)NCC(O)C2CCCC2)c1. The Bertz CT molecular complexity index is 553. The van der Waals surface area contributed by atoms with Gasteiger partial charge >= 0.3 is 0 Å². The minimum atomic E-state index is -0.488. The summed E-state index contributed by atoms with van der Waals surface area (Å²) in [5, 5.41) is 12.9. The zero-order chi connectivity index (χ0) is 16.8. The molecule has 2 rings (SSSR count). The van der Waals surface area contributed by atoms with E-state index in [2.05, 4.69) is 5.32 Å². The van der Waals surface area contributed by atoms with E-state index in [1.165, 1.54) is 0 Å². The molecule has 126 valence electrons. The van der Waals surface area contributed by atoms with Crippen molar-refractivity contribution in [2.45, 2.75) is 38.7 Å². The van der Waals surface area contributed by atoms with Gasteiger partial charge in [0.25, 0.3) is 11.8 Å². The molecule has 1 aromatic rings. The predicted molar refractivity (Wildman–Crippen MR) is 89.4 cm³/mol. The zero-order valence-electron chi connectivity index (χ0n) is 13.9. The Morgan fingerprint density at radius 2 is 1.96 bits per heavy atom. The summed E-state index contributed by atoms with van der Waals surface area (Å²) in [6.07, 6.45) is 3.89. The Balaban J connectivity index is 1.95. The van der Waals surface area contributed by atoms with E-state index >= 15 is 0 Å². The van der Waals surface area contributed by atoms with Gasteiger partial charge in [0, 0.05) is 31.3 Å². The molecule has 0 aromatic heterocycles. The van der Waals surface area contributed by atoms with E-state index < -0.39 is 6.10 Å². The maximum atomic E-state index is 12.2. The molecule has 0 saturated heterocycles. The largest absolute Gasteiger partial charge is 0.391 e. The lowest BCUT2D eigenvalue weighted by molar-refractivity contribution is 0.0802. The van der Waals surface area contributed by atoms with E-state index in [1.54, 1.807) is 36.2 Å². The smallest absolute Gasteiger partial charge is 0.253 e. The first-order valence-electron chi connectivity index (χ1n) is 8.34. The fraction of sp³-hybridized carbons (Fsp3) is 0.556. The first kappa shape index (κ1) is 17.5. The van der Waals surface area contributed by atoms with Crippen LogP contribution in [-0.2, 0) is 0 Å². The molecule has 1 aliphatic carbocycles. The average Bonchev–Trinajstić information content (AvgIpc) is 3.12. The van der Waals surface area contributed by atoms with Crippen LogP contribution in [0, 0.1) is 5.92 Å². The molecule has 0 aliphatic heterocycles. The number of benzene rings is 1. The fourth-order valence-corrected chi connectivity index (χ4v) is 2.97. The topological polar surface area (TPSA) is 69.6 Å². The van der Waals surface area contributed by atoms with Gasteiger partial charge in [-0.15, -0.1) is 0 Å². The average molecular weight is 318 g/mol. The van der Waals surface area contributed by atoms with Crippen molar-refractivity contribution in [3.63, 3.8) is 0 Å². The highest BCUT2D eigenvalue weighted by atomic mass is 16.3. The summed E-state index contributed by atoms with van der Waals surface area (Å²) in [6, 6.07) is 6.70. The number of aliphatic hydroxyl groups excluding tert-OH is 1. The van der Waals surface area contributed by atoms with Gasteiger partial charge in [-0.05, 0) is 43.9 Å². The first-order chi connectivity index (χ1) is 11.0. The van der Waals surface area contributed by atoms with Crippen LogP contribution in [0.25, 0.3) is 0 Å². The Hall–Kier alpha value is -1.88. The minimum absolute atomic E-state index is 0.104.